The zero-order valence-corrected chi connectivity index (χ0v) is 12.0. The highest BCUT2D eigenvalue weighted by Crippen LogP contribution is 2.27. The maximum Gasteiger partial charge on any atom is 0.156 e. The van der Waals surface area contributed by atoms with E-state index in [0.717, 1.165) is 0 Å². The van der Waals surface area contributed by atoms with Gasteiger partial charge in [0.25, 0.3) is 0 Å². The van der Waals surface area contributed by atoms with Gasteiger partial charge in [0.1, 0.15) is 0 Å². The molecule has 0 amide bonds. The molecule has 0 atom stereocenters. The molecule has 0 aromatic heterocycles. The van der Waals surface area contributed by atoms with E-state index >= 15 is 0 Å². The van der Waals surface area contributed by atoms with E-state index < -0.39 is 15.4 Å². The van der Waals surface area contributed by atoms with Gasteiger partial charge in [-0.2, -0.15) is 0 Å². The predicted molar refractivity (Wildman–Crippen MR) is 72.2 cm³/mol. The van der Waals surface area contributed by atoms with Crippen LogP contribution in [0.3, 0.4) is 0 Å². The summed E-state index contributed by atoms with van der Waals surface area (Å²) in [4.78, 5) is 0. The normalized spacial score (nSPS) is 12.8. The molecular weight excluding hydrogens is 281 g/mol. The third-order valence-corrected chi connectivity index (χ3v) is 4.79. The van der Waals surface area contributed by atoms with Crippen LogP contribution in [0, 0.1) is 0 Å². The lowest BCUT2D eigenvalue weighted by Crippen LogP contribution is -2.40. The summed E-state index contributed by atoms with van der Waals surface area (Å²) in [6.45, 7) is 3.34. The minimum atomic E-state index is -3.30. The van der Waals surface area contributed by atoms with Gasteiger partial charge < -0.3 is 5.73 Å². The molecule has 1 rings (SSSR count). The van der Waals surface area contributed by atoms with E-state index in [4.69, 9.17) is 28.9 Å². The highest BCUT2D eigenvalue weighted by Gasteiger charge is 2.23. The van der Waals surface area contributed by atoms with Crippen LogP contribution >= 0.6 is 23.2 Å². The van der Waals surface area contributed by atoms with Crippen molar-refractivity contribution in [1.29, 1.82) is 0 Å². The van der Waals surface area contributed by atoms with E-state index in [1.165, 1.54) is 0 Å². The molecule has 0 bridgehead atoms. The fourth-order valence-corrected chi connectivity index (χ4v) is 3.93. The number of hydrogen-bond acceptors (Lipinski definition) is 3. The summed E-state index contributed by atoms with van der Waals surface area (Å²) in [5.74, 6) is -0.240. The third-order valence-electron chi connectivity index (χ3n) is 2.00. The number of sulfone groups is 1. The Kier molecular flexibility index (Phi) is 4.47. The third kappa shape index (κ3) is 4.84. The van der Waals surface area contributed by atoms with Gasteiger partial charge in [-0.1, -0.05) is 35.3 Å². The largest absolute Gasteiger partial charge is 0.325 e. The quantitative estimate of drug-likeness (QED) is 0.929. The van der Waals surface area contributed by atoms with Gasteiger partial charge in [-0.25, -0.2) is 8.42 Å². The van der Waals surface area contributed by atoms with Crippen molar-refractivity contribution >= 4 is 33.0 Å². The van der Waals surface area contributed by atoms with Crippen molar-refractivity contribution in [3.8, 4) is 0 Å². The van der Waals surface area contributed by atoms with E-state index in [9.17, 15) is 8.42 Å². The molecule has 0 aliphatic heterocycles. The van der Waals surface area contributed by atoms with Crippen LogP contribution in [-0.2, 0) is 15.6 Å². The number of halogens is 2. The summed E-state index contributed by atoms with van der Waals surface area (Å²) in [6, 6.07) is 4.94. The minimum absolute atomic E-state index is 0.0944. The highest BCUT2D eigenvalue weighted by molar-refractivity contribution is 7.90. The first-order chi connectivity index (χ1) is 7.61. The van der Waals surface area contributed by atoms with Gasteiger partial charge in [0.15, 0.2) is 9.84 Å². The lowest BCUT2D eigenvalue weighted by atomic mass is 10.1. The Labute approximate surface area is 112 Å². The topological polar surface area (TPSA) is 60.2 Å². The molecule has 0 saturated carbocycles. The molecule has 0 spiro atoms. The molecule has 17 heavy (non-hydrogen) atoms. The number of benzene rings is 1. The van der Waals surface area contributed by atoms with Crippen LogP contribution < -0.4 is 5.73 Å². The van der Waals surface area contributed by atoms with Crippen molar-refractivity contribution in [2.75, 3.05) is 5.75 Å². The average molecular weight is 296 g/mol. The summed E-state index contributed by atoms with van der Waals surface area (Å²) in [5, 5.41) is 0.638. The zero-order chi connectivity index (χ0) is 13.3. The maximum atomic E-state index is 11.9. The van der Waals surface area contributed by atoms with Crippen molar-refractivity contribution in [2.45, 2.75) is 25.1 Å². The molecule has 6 heteroatoms. The van der Waals surface area contributed by atoms with Crippen LogP contribution in [0.2, 0.25) is 10.0 Å². The summed E-state index contributed by atoms with van der Waals surface area (Å²) in [7, 11) is -3.30. The van der Waals surface area contributed by atoms with Crippen molar-refractivity contribution in [1.82, 2.24) is 0 Å². The fraction of sp³-hybridized carbons (Fsp3) is 0.455. The Morgan fingerprint density at radius 1 is 1.29 bits per heavy atom. The molecule has 96 valence electrons. The van der Waals surface area contributed by atoms with Gasteiger partial charge >= 0.3 is 0 Å². The summed E-state index contributed by atoms with van der Waals surface area (Å²) < 4.78 is 23.8. The Balaban J connectivity index is 2.95. The second kappa shape index (κ2) is 5.14. The van der Waals surface area contributed by atoms with Crippen LogP contribution in [0.25, 0.3) is 0 Å². The highest BCUT2D eigenvalue weighted by atomic mass is 35.5. The predicted octanol–water partition coefficient (Wildman–Crippen LogP) is 2.65. The monoisotopic (exact) mass is 295 g/mol. The molecule has 1 aromatic rings. The van der Waals surface area contributed by atoms with Crippen molar-refractivity contribution < 1.29 is 8.42 Å². The van der Waals surface area contributed by atoms with Crippen LogP contribution in [0.15, 0.2) is 18.2 Å². The van der Waals surface area contributed by atoms with E-state index in [2.05, 4.69) is 0 Å². The number of nitrogens with two attached hydrogens (primary N) is 1. The molecule has 3 nitrogen and oxygen atoms in total. The average Bonchev–Trinajstić information content (AvgIpc) is 2.08. The molecule has 1 aromatic carbocycles. The Morgan fingerprint density at radius 2 is 1.88 bits per heavy atom. The Hall–Kier alpha value is -0.290. The second-order valence-electron chi connectivity index (χ2n) is 4.73. The molecule has 2 N–H and O–H groups in total. The molecule has 0 saturated heterocycles. The zero-order valence-electron chi connectivity index (χ0n) is 9.70. The van der Waals surface area contributed by atoms with Gasteiger partial charge in [0, 0.05) is 5.54 Å². The van der Waals surface area contributed by atoms with Crippen LogP contribution in [0.1, 0.15) is 19.4 Å². The van der Waals surface area contributed by atoms with Gasteiger partial charge in [-0.15, -0.1) is 0 Å². The van der Waals surface area contributed by atoms with Crippen molar-refractivity contribution in [3.63, 3.8) is 0 Å². The van der Waals surface area contributed by atoms with E-state index in [-0.39, 0.29) is 16.5 Å². The standard InChI is InChI=1S/C11H15Cl2NO2S/c1-11(2,14)7-17(15,16)6-8-4-3-5-9(12)10(8)13/h3-5H,6-7,14H2,1-2H3. The SMILES string of the molecule is CC(C)(N)CS(=O)(=O)Cc1cccc(Cl)c1Cl. The summed E-state index contributed by atoms with van der Waals surface area (Å²) >= 11 is 11.8. The van der Waals surface area contributed by atoms with Crippen LogP contribution in [0.5, 0.6) is 0 Å². The molecule has 0 fully saturated rings. The van der Waals surface area contributed by atoms with Gasteiger partial charge in [-0.05, 0) is 25.5 Å². The molecule has 0 heterocycles. The molecule has 0 unspecified atom stereocenters. The van der Waals surface area contributed by atoms with E-state index in [1.54, 1.807) is 32.0 Å². The first-order valence-electron chi connectivity index (χ1n) is 5.03. The van der Waals surface area contributed by atoms with Crippen LogP contribution in [0.4, 0.5) is 0 Å². The van der Waals surface area contributed by atoms with E-state index in [0.29, 0.717) is 10.6 Å². The number of rotatable bonds is 4. The summed E-state index contributed by atoms with van der Waals surface area (Å²) in [6.07, 6.45) is 0. The molecule has 0 aliphatic carbocycles. The first-order valence-corrected chi connectivity index (χ1v) is 7.61. The smallest absolute Gasteiger partial charge is 0.156 e. The lowest BCUT2D eigenvalue weighted by molar-refractivity contribution is 0.544. The fourth-order valence-electron chi connectivity index (χ4n) is 1.51. The van der Waals surface area contributed by atoms with Gasteiger partial charge in [0.2, 0.25) is 0 Å². The van der Waals surface area contributed by atoms with Gasteiger partial charge in [-0.3, -0.25) is 0 Å². The summed E-state index contributed by atoms with van der Waals surface area (Å²) in [5.41, 5.74) is 5.45. The van der Waals surface area contributed by atoms with Crippen molar-refractivity contribution in [2.24, 2.45) is 5.73 Å². The van der Waals surface area contributed by atoms with Crippen LogP contribution in [-0.4, -0.2) is 19.7 Å². The first kappa shape index (κ1) is 14.8. The minimum Gasteiger partial charge on any atom is -0.325 e. The van der Waals surface area contributed by atoms with Crippen molar-refractivity contribution in [3.05, 3.63) is 33.8 Å². The van der Waals surface area contributed by atoms with Gasteiger partial charge in [0.05, 0.1) is 21.6 Å². The molecule has 0 radical (unpaired) electrons. The number of hydrogen-bond donors (Lipinski definition) is 1. The Bertz CT molecular complexity index is 507. The second-order valence-corrected chi connectivity index (χ2v) is 7.58. The molecular formula is C11H15Cl2NO2S. The maximum absolute atomic E-state index is 11.9. The van der Waals surface area contributed by atoms with E-state index in [1.807, 2.05) is 0 Å². The Morgan fingerprint density at radius 3 is 2.41 bits per heavy atom. The lowest BCUT2D eigenvalue weighted by Gasteiger charge is -2.18. The molecule has 0 aliphatic rings.